The Labute approximate surface area is 121 Å². The lowest BCUT2D eigenvalue weighted by Gasteiger charge is -2.13. The Morgan fingerprint density at radius 3 is 2.25 bits per heavy atom. The van der Waals surface area contributed by atoms with Crippen LogP contribution in [0.2, 0.25) is 0 Å². The molecule has 0 spiro atoms. The van der Waals surface area contributed by atoms with Crippen molar-refractivity contribution in [3.8, 4) is 11.1 Å². The van der Waals surface area contributed by atoms with E-state index in [2.05, 4.69) is 55.5 Å². The van der Waals surface area contributed by atoms with Crippen LogP contribution in [0.4, 0.5) is 0 Å². The average molecular weight is 269 g/mol. The molecule has 0 saturated carbocycles. The van der Waals surface area contributed by atoms with Crippen LogP contribution in [0.1, 0.15) is 31.4 Å². The predicted octanol–water partition coefficient (Wildman–Crippen LogP) is 4.17. The average Bonchev–Trinajstić information content (AvgIpc) is 2.52. The molecule has 106 valence electrons. The maximum absolute atomic E-state index is 6.14. The summed E-state index contributed by atoms with van der Waals surface area (Å²) >= 11 is 0. The van der Waals surface area contributed by atoms with Crippen LogP contribution in [0.25, 0.3) is 11.1 Å². The van der Waals surface area contributed by atoms with E-state index in [1.54, 1.807) is 0 Å². The minimum Gasteiger partial charge on any atom is -0.379 e. The summed E-state index contributed by atoms with van der Waals surface area (Å²) in [5.41, 5.74) is 9.71. The first-order valence-electron chi connectivity index (χ1n) is 7.30. The van der Waals surface area contributed by atoms with Gasteiger partial charge in [-0.05, 0) is 23.1 Å². The Morgan fingerprint density at radius 2 is 1.60 bits per heavy atom. The molecular formula is C18H23NO. The molecule has 0 aliphatic heterocycles. The Balaban J connectivity index is 1.94. The van der Waals surface area contributed by atoms with Gasteiger partial charge < -0.3 is 10.5 Å². The Hall–Kier alpha value is -1.64. The Kier molecular flexibility index (Phi) is 5.78. The van der Waals surface area contributed by atoms with Gasteiger partial charge in [0.15, 0.2) is 0 Å². The van der Waals surface area contributed by atoms with Crippen LogP contribution >= 0.6 is 0 Å². The maximum atomic E-state index is 6.14. The number of hydrogen-bond acceptors (Lipinski definition) is 2. The van der Waals surface area contributed by atoms with E-state index in [1.807, 2.05) is 6.07 Å². The molecule has 0 bridgehead atoms. The smallest absolute Gasteiger partial charge is 0.0659 e. The molecule has 0 saturated heterocycles. The SMILES string of the molecule is CCCCOCC(N)c1ccc(-c2ccccc2)cc1. The van der Waals surface area contributed by atoms with Crippen molar-refractivity contribution < 1.29 is 4.74 Å². The third-order valence-electron chi connectivity index (χ3n) is 3.39. The summed E-state index contributed by atoms with van der Waals surface area (Å²) in [5, 5.41) is 0. The number of benzene rings is 2. The minimum atomic E-state index is -0.0447. The first kappa shape index (κ1) is 14.8. The highest BCUT2D eigenvalue weighted by Gasteiger charge is 2.06. The van der Waals surface area contributed by atoms with Crippen LogP contribution in [-0.2, 0) is 4.74 Å². The minimum absolute atomic E-state index is 0.0447. The van der Waals surface area contributed by atoms with Gasteiger partial charge in [0.1, 0.15) is 0 Å². The molecule has 2 aromatic carbocycles. The van der Waals surface area contributed by atoms with Crippen LogP contribution in [0.3, 0.4) is 0 Å². The number of rotatable bonds is 7. The van der Waals surface area contributed by atoms with Gasteiger partial charge in [0.05, 0.1) is 12.6 Å². The van der Waals surface area contributed by atoms with Gasteiger partial charge in [-0.1, -0.05) is 67.9 Å². The topological polar surface area (TPSA) is 35.2 Å². The number of unbranched alkanes of at least 4 members (excludes halogenated alkanes) is 1. The lowest BCUT2D eigenvalue weighted by atomic mass is 10.0. The van der Waals surface area contributed by atoms with Gasteiger partial charge in [-0.2, -0.15) is 0 Å². The van der Waals surface area contributed by atoms with Crippen molar-refractivity contribution in [2.45, 2.75) is 25.8 Å². The molecule has 2 rings (SSSR count). The largest absolute Gasteiger partial charge is 0.379 e. The van der Waals surface area contributed by atoms with Gasteiger partial charge in [0, 0.05) is 6.61 Å². The molecule has 0 heterocycles. The van der Waals surface area contributed by atoms with E-state index in [0.29, 0.717) is 6.61 Å². The zero-order valence-corrected chi connectivity index (χ0v) is 12.1. The monoisotopic (exact) mass is 269 g/mol. The molecule has 1 atom stereocenters. The maximum Gasteiger partial charge on any atom is 0.0659 e. The van der Waals surface area contributed by atoms with Gasteiger partial charge in [-0.25, -0.2) is 0 Å². The van der Waals surface area contributed by atoms with E-state index >= 15 is 0 Å². The number of nitrogens with two attached hydrogens (primary N) is 1. The molecule has 0 aliphatic rings. The summed E-state index contributed by atoms with van der Waals surface area (Å²) in [6.45, 7) is 3.54. The Morgan fingerprint density at radius 1 is 0.950 bits per heavy atom. The fourth-order valence-electron chi connectivity index (χ4n) is 2.11. The van der Waals surface area contributed by atoms with Gasteiger partial charge in [0.25, 0.3) is 0 Å². The zero-order chi connectivity index (χ0) is 14.2. The predicted molar refractivity (Wildman–Crippen MR) is 84.5 cm³/mol. The normalized spacial score (nSPS) is 12.3. The van der Waals surface area contributed by atoms with Crippen molar-refractivity contribution in [1.29, 1.82) is 0 Å². The third kappa shape index (κ3) is 4.19. The first-order chi connectivity index (χ1) is 9.81. The van der Waals surface area contributed by atoms with E-state index in [0.717, 1.165) is 25.0 Å². The van der Waals surface area contributed by atoms with Crippen molar-refractivity contribution in [1.82, 2.24) is 0 Å². The fraction of sp³-hybridized carbons (Fsp3) is 0.333. The third-order valence-corrected chi connectivity index (χ3v) is 3.39. The van der Waals surface area contributed by atoms with E-state index in [9.17, 15) is 0 Å². The van der Waals surface area contributed by atoms with Crippen molar-refractivity contribution in [3.63, 3.8) is 0 Å². The van der Waals surface area contributed by atoms with Crippen molar-refractivity contribution >= 4 is 0 Å². The van der Waals surface area contributed by atoms with Crippen LogP contribution in [0, 0.1) is 0 Å². The fourth-order valence-corrected chi connectivity index (χ4v) is 2.11. The molecule has 20 heavy (non-hydrogen) atoms. The van der Waals surface area contributed by atoms with Gasteiger partial charge in [0.2, 0.25) is 0 Å². The molecule has 2 nitrogen and oxygen atoms in total. The van der Waals surface area contributed by atoms with Crippen molar-refractivity contribution in [3.05, 3.63) is 60.2 Å². The van der Waals surface area contributed by atoms with E-state index < -0.39 is 0 Å². The second-order valence-corrected chi connectivity index (χ2v) is 5.02. The summed E-state index contributed by atoms with van der Waals surface area (Å²) in [4.78, 5) is 0. The molecule has 2 N–H and O–H groups in total. The molecule has 2 heteroatoms. The highest BCUT2D eigenvalue weighted by Crippen LogP contribution is 2.21. The number of ether oxygens (including phenoxy) is 1. The van der Waals surface area contributed by atoms with Crippen molar-refractivity contribution in [2.24, 2.45) is 5.73 Å². The summed E-state index contributed by atoms with van der Waals surface area (Å²) in [6.07, 6.45) is 2.25. The van der Waals surface area contributed by atoms with E-state index in [-0.39, 0.29) is 6.04 Å². The Bertz CT molecular complexity index is 493. The highest BCUT2D eigenvalue weighted by atomic mass is 16.5. The molecule has 0 aromatic heterocycles. The van der Waals surface area contributed by atoms with Gasteiger partial charge >= 0.3 is 0 Å². The molecule has 1 unspecified atom stereocenters. The standard InChI is InChI=1S/C18H23NO/c1-2-3-13-20-14-18(19)17-11-9-16(10-12-17)15-7-5-4-6-8-15/h4-12,18H,2-3,13-14,19H2,1H3. The molecule has 2 aromatic rings. The second kappa shape index (κ2) is 7.83. The van der Waals surface area contributed by atoms with E-state index in [1.165, 1.54) is 11.1 Å². The van der Waals surface area contributed by atoms with Crippen LogP contribution < -0.4 is 5.73 Å². The molecule has 0 fully saturated rings. The highest BCUT2D eigenvalue weighted by molar-refractivity contribution is 5.63. The van der Waals surface area contributed by atoms with Gasteiger partial charge in [-0.15, -0.1) is 0 Å². The van der Waals surface area contributed by atoms with Crippen LogP contribution in [-0.4, -0.2) is 13.2 Å². The van der Waals surface area contributed by atoms with Crippen LogP contribution in [0.5, 0.6) is 0 Å². The van der Waals surface area contributed by atoms with Crippen molar-refractivity contribution in [2.75, 3.05) is 13.2 Å². The zero-order valence-electron chi connectivity index (χ0n) is 12.1. The summed E-state index contributed by atoms with van der Waals surface area (Å²) in [5.74, 6) is 0. The molecule has 0 radical (unpaired) electrons. The first-order valence-corrected chi connectivity index (χ1v) is 7.30. The van der Waals surface area contributed by atoms with E-state index in [4.69, 9.17) is 10.5 Å². The molecule has 0 aliphatic carbocycles. The lowest BCUT2D eigenvalue weighted by Crippen LogP contribution is -2.17. The molecule has 0 amide bonds. The summed E-state index contributed by atoms with van der Waals surface area (Å²) in [7, 11) is 0. The summed E-state index contributed by atoms with van der Waals surface area (Å²) in [6, 6.07) is 18.7. The summed E-state index contributed by atoms with van der Waals surface area (Å²) < 4.78 is 5.58. The lowest BCUT2D eigenvalue weighted by molar-refractivity contribution is 0.118. The second-order valence-electron chi connectivity index (χ2n) is 5.02. The van der Waals surface area contributed by atoms with Crippen LogP contribution in [0.15, 0.2) is 54.6 Å². The quantitative estimate of drug-likeness (QED) is 0.766. The number of hydrogen-bond donors (Lipinski definition) is 1. The van der Waals surface area contributed by atoms with Gasteiger partial charge in [-0.3, -0.25) is 0 Å². The molecular weight excluding hydrogens is 246 g/mol.